The minimum absolute atomic E-state index is 0.161. The highest BCUT2D eigenvalue weighted by molar-refractivity contribution is 7.26. The molecular weight excluding hydrogens is 767 g/mol. The van der Waals surface area contributed by atoms with E-state index in [1.807, 2.05) is 53.8 Å². The summed E-state index contributed by atoms with van der Waals surface area (Å²) in [6, 6.07) is 61.6. The number of furan rings is 1. The Labute approximate surface area is 354 Å². The van der Waals surface area contributed by atoms with Gasteiger partial charge >= 0.3 is 0 Å². The van der Waals surface area contributed by atoms with Crippen LogP contribution in [0.2, 0.25) is 0 Å². The fraction of sp³-hybridized carbons (Fsp3) is 0.0364. The van der Waals surface area contributed by atoms with E-state index in [9.17, 15) is 0 Å². The summed E-state index contributed by atoms with van der Waals surface area (Å²) in [6.07, 6.45) is 4.23. The number of fused-ring (bicyclic) bond motifs is 11. The van der Waals surface area contributed by atoms with Gasteiger partial charge in [0.1, 0.15) is 23.0 Å². The van der Waals surface area contributed by atoms with Crippen molar-refractivity contribution in [3.8, 4) is 39.7 Å². The number of aromatic nitrogens is 3. The zero-order valence-corrected chi connectivity index (χ0v) is 33.4. The van der Waals surface area contributed by atoms with Crippen LogP contribution in [-0.4, -0.2) is 21.1 Å². The van der Waals surface area contributed by atoms with E-state index in [0.29, 0.717) is 17.5 Å². The van der Waals surface area contributed by atoms with Crippen LogP contribution in [0.15, 0.2) is 192 Å². The highest BCUT2D eigenvalue weighted by Gasteiger charge is 2.41. The van der Waals surface area contributed by atoms with Gasteiger partial charge in [0.25, 0.3) is 0 Å². The van der Waals surface area contributed by atoms with Gasteiger partial charge in [0.2, 0.25) is 0 Å². The zero-order valence-electron chi connectivity index (χ0n) is 32.6. The van der Waals surface area contributed by atoms with Gasteiger partial charge in [-0.3, -0.25) is 0 Å². The number of ether oxygens (including phenoxy) is 1. The first kappa shape index (κ1) is 34.2. The predicted molar refractivity (Wildman–Crippen MR) is 250 cm³/mol. The molecule has 8 aromatic carbocycles. The maximum atomic E-state index is 6.72. The van der Waals surface area contributed by atoms with Crippen molar-refractivity contribution < 1.29 is 9.15 Å². The van der Waals surface area contributed by atoms with Crippen LogP contribution in [0.1, 0.15) is 22.9 Å². The molecule has 4 heterocycles. The summed E-state index contributed by atoms with van der Waals surface area (Å²) in [6.45, 7) is 0. The first-order valence-electron chi connectivity index (χ1n) is 20.6. The van der Waals surface area contributed by atoms with E-state index in [2.05, 4.69) is 146 Å². The van der Waals surface area contributed by atoms with E-state index in [0.717, 1.165) is 72.2 Å². The average molecular weight is 800 g/mol. The Bertz CT molecular complexity index is 3640. The molecule has 13 rings (SSSR count). The Morgan fingerprint density at radius 3 is 2.10 bits per heavy atom. The molecule has 0 fully saturated rings. The van der Waals surface area contributed by atoms with Crippen molar-refractivity contribution >= 4 is 75.4 Å². The smallest absolute Gasteiger partial charge is 0.164 e. The molecule has 0 saturated carbocycles. The van der Waals surface area contributed by atoms with Crippen molar-refractivity contribution in [2.45, 2.75) is 12.0 Å². The molecule has 2 atom stereocenters. The summed E-state index contributed by atoms with van der Waals surface area (Å²) in [4.78, 5) is 16.3. The van der Waals surface area contributed by atoms with Crippen LogP contribution in [0.4, 0.5) is 0 Å². The molecule has 0 N–H and O–H groups in total. The van der Waals surface area contributed by atoms with Gasteiger partial charge in [-0.2, -0.15) is 0 Å². The summed E-state index contributed by atoms with van der Waals surface area (Å²) >= 11 is 1.85. The van der Waals surface area contributed by atoms with Crippen molar-refractivity contribution in [1.82, 2.24) is 15.0 Å². The molecule has 3 aromatic heterocycles. The SMILES string of the molecule is C1=CC2Oc3ccccc3C2C(c2nc(-c3ccc(-c4ccccc4)cc3)nc(-c3cccc4oc5ccccc5c34)n2)=C1c1cccc2sc3c4ccccc4ccc3c12. The topological polar surface area (TPSA) is 61.0 Å². The lowest BCUT2D eigenvalue weighted by molar-refractivity contribution is 0.271. The number of rotatable bonds is 5. The number of allylic oxidation sites excluding steroid dienone is 2. The van der Waals surface area contributed by atoms with Crippen LogP contribution >= 0.6 is 11.3 Å². The normalized spacial score (nSPS) is 15.9. The predicted octanol–water partition coefficient (Wildman–Crippen LogP) is 14.3. The molecule has 0 saturated heterocycles. The Balaban J connectivity index is 1.11. The number of hydrogen-bond donors (Lipinski definition) is 0. The first-order chi connectivity index (χ1) is 30.2. The van der Waals surface area contributed by atoms with Gasteiger partial charge in [-0.15, -0.1) is 11.3 Å². The highest BCUT2D eigenvalue weighted by Crippen LogP contribution is 2.53. The summed E-state index contributed by atoms with van der Waals surface area (Å²) in [5, 5.41) is 6.99. The van der Waals surface area contributed by atoms with Crippen LogP contribution in [0.3, 0.4) is 0 Å². The van der Waals surface area contributed by atoms with Gasteiger partial charge in [-0.05, 0) is 63.4 Å². The third kappa shape index (κ3) is 5.36. The lowest BCUT2D eigenvalue weighted by Crippen LogP contribution is -2.22. The van der Waals surface area contributed by atoms with Crippen LogP contribution < -0.4 is 4.74 Å². The van der Waals surface area contributed by atoms with Crippen molar-refractivity contribution in [3.63, 3.8) is 0 Å². The van der Waals surface area contributed by atoms with E-state index < -0.39 is 0 Å². The maximum absolute atomic E-state index is 6.72. The molecule has 2 aliphatic rings. The van der Waals surface area contributed by atoms with Crippen LogP contribution in [-0.2, 0) is 0 Å². The summed E-state index contributed by atoms with van der Waals surface area (Å²) in [5.41, 5.74) is 10.0. The number of benzene rings is 8. The fourth-order valence-electron chi connectivity index (χ4n) is 9.58. The quantitative estimate of drug-likeness (QED) is 0.173. The van der Waals surface area contributed by atoms with Crippen molar-refractivity contribution in [1.29, 1.82) is 0 Å². The van der Waals surface area contributed by atoms with Crippen LogP contribution in [0.25, 0.3) is 97.9 Å². The first-order valence-corrected chi connectivity index (χ1v) is 21.4. The number of nitrogens with zero attached hydrogens (tertiary/aromatic N) is 3. The monoisotopic (exact) mass is 799 g/mol. The second-order valence-electron chi connectivity index (χ2n) is 15.8. The van der Waals surface area contributed by atoms with Gasteiger partial charge in [0.15, 0.2) is 17.5 Å². The molecule has 11 aromatic rings. The molecule has 0 bridgehead atoms. The minimum atomic E-state index is -0.228. The Morgan fingerprint density at radius 2 is 1.18 bits per heavy atom. The second kappa shape index (κ2) is 13.4. The van der Waals surface area contributed by atoms with E-state index in [4.69, 9.17) is 24.1 Å². The fourth-order valence-corrected chi connectivity index (χ4v) is 10.8. The molecule has 61 heavy (non-hydrogen) atoms. The van der Waals surface area contributed by atoms with Crippen LogP contribution in [0, 0.1) is 0 Å². The van der Waals surface area contributed by atoms with E-state index >= 15 is 0 Å². The molecule has 0 spiro atoms. The minimum Gasteiger partial charge on any atom is -0.485 e. The number of thiophene rings is 1. The molecule has 5 nitrogen and oxygen atoms in total. The van der Waals surface area contributed by atoms with Gasteiger partial charge in [-0.1, -0.05) is 158 Å². The summed E-state index contributed by atoms with van der Waals surface area (Å²) in [7, 11) is 0. The number of hydrogen-bond acceptors (Lipinski definition) is 6. The van der Waals surface area contributed by atoms with Gasteiger partial charge in [0.05, 0.1) is 5.92 Å². The molecule has 0 radical (unpaired) electrons. The Hall–Kier alpha value is -7.67. The molecule has 286 valence electrons. The third-order valence-corrected chi connectivity index (χ3v) is 13.6. The molecule has 6 heteroatoms. The highest BCUT2D eigenvalue weighted by atomic mass is 32.1. The lowest BCUT2D eigenvalue weighted by atomic mass is 9.78. The molecule has 0 amide bonds. The Kier molecular flexibility index (Phi) is 7.53. The maximum Gasteiger partial charge on any atom is 0.164 e. The van der Waals surface area contributed by atoms with Crippen molar-refractivity contribution in [2.75, 3.05) is 0 Å². The van der Waals surface area contributed by atoms with E-state index in [1.165, 1.54) is 30.9 Å². The lowest BCUT2D eigenvalue weighted by Gasteiger charge is -2.26. The largest absolute Gasteiger partial charge is 0.485 e. The number of para-hydroxylation sites is 2. The van der Waals surface area contributed by atoms with Gasteiger partial charge in [0, 0.05) is 53.2 Å². The van der Waals surface area contributed by atoms with Crippen LogP contribution in [0.5, 0.6) is 5.75 Å². The summed E-state index contributed by atoms with van der Waals surface area (Å²) in [5.74, 6) is 2.52. The molecular formula is C55H33N3O2S. The molecule has 1 aliphatic heterocycles. The third-order valence-electron chi connectivity index (χ3n) is 12.3. The van der Waals surface area contributed by atoms with Crippen molar-refractivity contribution in [2.24, 2.45) is 0 Å². The summed E-state index contributed by atoms with van der Waals surface area (Å²) < 4.78 is 15.6. The Morgan fingerprint density at radius 1 is 0.475 bits per heavy atom. The molecule has 2 unspecified atom stereocenters. The van der Waals surface area contributed by atoms with E-state index in [1.54, 1.807) is 0 Å². The van der Waals surface area contributed by atoms with E-state index in [-0.39, 0.29) is 12.0 Å². The van der Waals surface area contributed by atoms with Crippen molar-refractivity contribution in [3.05, 3.63) is 205 Å². The standard InChI is InChI=1S/C55H33N3O2S/c1-2-12-32(13-3-1)33-24-26-35(27-25-33)53-56-54(42-19-10-22-45-48(42)39-16-6-8-20-43(39)59-45)58-55(57-53)51-38(30-31-46-50(51)40-17-7-9-21-44(40)60-46)37-18-11-23-47-49(37)41-29-28-34-14-4-5-15-36(34)52(41)61-47/h1-31,46,50H. The zero-order chi connectivity index (χ0) is 40.0. The average Bonchev–Trinajstić information content (AvgIpc) is 4.03. The second-order valence-corrected chi connectivity index (χ2v) is 16.8. The molecule has 1 aliphatic carbocycles. The van der Waals surface area contributed by atoms with Gasteiger partial charge in [-0.25, -0.2) is 15.0 Å². The van der Waals surface area contributed by atoms with Gasteiger partial charge < -0.3 is 9.15 Å².